The van der Waals surface area contributed by atoms with Crippen molar-refractivity contribution in [1.29, 1.82) is 0 Å². The Hall–Kier alpha value is -1.40. The molecular weight excluding hydrogens is 262 g/mol. The predicted octanol–water partition coefficient (Wildman–Crippen LogP) is 3.10. The molecule has 2 N–H and O–H groups in total. The molecule has 1 aliphatic rings. The van der Waals surface area contributed by atoms with Crippen LogP contribution in [-0.2, 0) is 10.3 Å². The van der Waals surface area contributed by atoms with E-state index in [1.807, 2.05) is 13.0 Å². The molecule has 1 fully saturated rings. The van der Waals surface area contributed by atoms with Crippen LogP contribution in [-0.4, -0.2) is 17.3 Å². The first kappa shape index (κ1) is 12.6. The SMILES string of the molecule is COC1(c2noc(-c3cc(C)sc3N)n2)CCCC1. The highest BCUT2D eigenvalue weighted by Gasteiger charge is 2.40. The van der Waals surface area contributed by atoms with Crippen LogP contribution in [0.15, 0.2) is 10.6 Å². The molecule has 1 saturated carbocycles. The van der Waals surface area contributed by atoms with Gasteiger partial charge in [-0.15, -0.1) is 11.3 Å². The van der Waals surface area contributed by atoms with Crippen molar-refractivity contribution in [2.24, 2.45) is 0 Å². The van der Waals surface area contributed by atoms with Gasteiger partial charge in [-0.3, -0.25) is 0 Å². The van der Waals surface area contributed by atoms with Crippen LogP contribution in [0.2, 0.25) is 0 Å². The second-order valence-corrected chi connectivity index (χ2v) is 6.25. The third-order valence-electron chi connectivity index (χ3n) is 3.75. The van der Waals surface area contributed by atoms with Crippen LogP contribution < -0.4 is 5.73 Å². The van der Waals surface area contributed by atoms with E-state index < -0.39 is 0 Å². The first-order chi connectivity index (χ1) is 9.14. The van der Waals surface area contributed by atoms with Crippen LogP contribution in [0.4, 0.5) is 5.00 Å². The molecule has 3 rings (SSSR count). The smallest absolute Gasteiger partial charge is 0.261 e. The molecule has 1 aliphatic carbocycles. The van der Waals surface area contributed by atoms with Crippen LogP contribution in [0, 0.1) is 6.92 Å². The zero-order valence-corrected chi connectivity index (χ0v) is 11.9. The lowest BCUT2D eigenvalue weighted by atomic mass is 10.0. The van der Waals surface area contributed by atoms with Gasteiger partial charge in [0.05, 0.1) is 10.6 Å². The molecule has 2 aromatic rings. The molecule has 5 nitrogen and oxygen atoms in total. The monoisotopic (exact) mass is 279 g/mol. The number of nitrogens with zero attached hydrogens (tertiary/aromatic N) is 2. The van der Waals surface area contributed by atoms with Crippen LogP contribution in [0.5, 0.6) is 0 Å². The predicted molar refractivity (Wildman–Crippen MR) is 73.9 cm³/mol. The summed E-state index contributed by atoms with van der Waals surface area (Å²) >= 11 is 1.53. The number of aryl methyl sites for hydroxylation is 1. The summed E-state index contributed by atoms with van der Waals surface area (Å²) in [5.74, 6) is 1.13. The number of rotatable bonds is 3. The van der Waals surface area contributed by atoms with Gasteiger partial charge < -0.3 is 15.0 Å². The van der Waals surface area contributed by atoms with Gasteiger partial charge in [0.15, 0.2) is 0 Å². The van der Waals surface area contributed by atoms with Gasteiger partial charge in [-0.25, -0.2) is 0 Å². The van der Waals surface area contributed by atoms with Gasteiger partial charge in [0, 0.05) is 12.0 Å². The Balaban J connectivity index is 1.97. The van der Waals surface area contributed by atoms with Crippen molar-refractivity contribution < 1.29 is 9.26 Å². The Labute approximate surface area is 115 Å². The number of hydrogen-bond donors (Lipinski definition) is 1. The van der Waals surface area contributed by atoms with Crippen molar-refractivity contribution in [3.63, 3.8) is 0 Å². The molecule has 0 radical (unpaired) electrons. The van der Waals surface area contributed by atoms with Crippen molar-refractivity contribution >= 4 is 16.3 Å². The highest BCUT2D eigenvalue weighted by Crippen LogP contribution is 2.41. The summed E-state index contributed by atoms with van der Waals surface area (Å²) in [6.07, 6.45) is 4.16. The van der Waals surface area contributed by atoms with E-state index in [2.05, 4.69) is 10.1 Å². The van der Waals surface area contributed by atoms with Crippen molar-refractivity contribution in [2.45, 2.75) is 38.2 Å². The molecule has 0 saturated heterocycles. The molecule has 19 heavy (non-hydrogen) atoms. The Bertz CT molecular complexity index is 584. The molecule has 0 amide bonds. The lowest BCUT2D eigenvalue weighted by molar-refractivity contribution is -0.0178. The van der Waals surface area contributed by atoms with Gasteiger partial charge in [0.2, 0.25) is 5.82 Å². The van der Waals surface area contributed by atoms with Gasteiger partial charge in [-0.1, -0.05) is 5.16 Å². The number of ether oxygens (including phenoxy) is 1. The minimum Gasteiger partial charge on any atom is -0.390 e. The maximum Gasteiger partial charge on any atom is 0.261 e. The summed E-state index contributed by atoms with van der Waals surface area (Å²) in [6, 6.07) is 1.98. The zero-order chi connectivity index (χ0) is 13.5. The average Bonchev–Trinajstić information content (AvgIpc) is 3.08. The van der Waals surface area contributed by atoms with E-state index in [-0.39, 0.29) is 5.60 Å². The van der Waals surface area contributed by atoms with Gasteiger partial charge in [-0.05, 0) is 38.7 Å². The van der Waals surface area contributed by atoms with Crippen molar-refractivity contribution in [3.05, 3.63) is 16.8 Å². The van der Waals surface area contributed by atoms with Crippen LogP contribution in [0.25, 0.3) is 11.5 Å². The first-order valence-electron chi connectivity index (χ1n) is 6.40. The van der Waals surface area contributed by atoms with Crippen LogP contribution in [0.3, 0.4) is 0 Å². The van der Waals surface area contributed by atoms with Gasteiger partial charge in [0.25, 0.3) is 5.89 Å². The molecule has 2 heterocycles. The molecule has 102 valence electrons. The summed E-state index contributed by atoms with van der Waals surface area (Å²) in [5.41, 5.74) is 6.41. The third kappa shape index (κ3) is 2.04. The topological polar surface area (TPSA) is 74.2 Å². The maximum absolute atomic E-state index is 5.96. The number of hydrogen-bond acceptors (Lipinski definition) is 6. The molecular formula is C13H17N3O2S. The Morgan fingerprint density at radius 3 is 2.74 bits per heavy atom. The fourth-order valence-electron chi connectivity index (χ4n) is 2.68. The highest BCUT2D eigenvalue weighted by molar-refractivity contribution is 7.16. The molecule has 0 atom stereocenters. The van der Waals surface area contributed by atoms with E-state index >= 15 is 0 Å². The normalized spacial score (nSPS) is 18.0. The largest absolute Gasteiger partial charge is 0.390 e. The lowest BCUT2D eigenvalue weighted by Crippen LogP contribution is -2.25. The second-order valence-electron chi connectivity index (χ2n) is 4.96. The standard InChI is InChI=1S/C13H17N3O2S/c1-8-7-9(10(14)19-8)11-15-12(16-18-11)13(17-2)5-3-4-6-13/h7H,3-6,14H2,1-2H3. The van der Waals surface area contributed by atoms with Gasteiger partial charge in [0.1, 0.15) is 5.60 Å². The van der Waals surface area contributed by atoms with E-state index in [1.165, 1.54) is 11.3 Å². The molecule has 2 aromatic heterocycles. The maximum atomic E-state index is 5.96. The lowest BCUT2D eigenvalue weighted by Gasteiger charge is -2.22. The molecule has 0 spiro atoms. The van der Waals surface area contributed by atoms with E-state index in [9.17, 15) is 0 Å². The van der Waals surface area contributed by atoms with Gasteiger partial charge in [-0.2, -0.15) is 4.98 Å². The Morgan fingerprint density at radius 2 is 2.16 bits per heavy atom. The number of nitrogens with two attached hydrogens (primary N) is 1. The molecule has 0 bridgehead atoms. The van der Waals surface area contributed by atoms with E-state index in [1.54, 1.807) is 7.11 Å². The van der Waals surface area contributed by atoms with E-state index in [4.69, 9.17) is 15.0 Å². The summed E-state index contributed by atoms with van der Waals surface area (Å²) in [4.78, 5) is 5.64. The third-order valence-corrected chi connectivity index (χ3v) is 4.63. The van der Waals surface area contributed by atoms with Crippen LogP contribution >= 0.6 is 11.3 Å². The average molecular weight is 279 g/mol. The van der Waals surface area contributed by atoms with Gasteiger partial charge >= 0.3 is 0 Å². The van der Waals surface area contributed by atoms with Crippen molar-refractivity contribution in [3.8, 4) is 11.5 Å². The van der Waals surface area contributed by atoms with Crippen molar-refractivity contribution in [2.75, 3.05) is 12.8 Å². The Morgan fingerprint density at radius 1 is 1.42 bits per heavy atom. The number of methoxy groups -OCH3 is 1. The summed E-state index contributed by atoms with van der Waals surface area (Å²) < 4.78 is 11.0. The fourth-order valence-corrected chi connectivity index (χ4v) is 3.46. The van der Waals surface area contributed by atoms with E-state index in [0.29, 0.717) is 16.7 Å². The summed E-state index contributed by atoms with van der Waals surface area (Å²) in [6.45, 7) is 2.01. The van der Waals surface area contributed by atoms with E-state index in [0.717, 1.165) is 36.1 Å². The fraction of sp³-hybridized carbons (Fsp3) is 0.538. The zero-order valence-electron chi connectivity index (χ0n) is 11.1. The molecule has 0 aromatic carbocycles. The minimum absolute atomic E-state index is 0.373. The molecule has 0 unspecified atom stereocenters. The number of aromatic nitrogens is 2. The molecule has 0 aliphatic heterocycles. The number of nitrogen functional groups attached to an aromatic ring is 1. The molecule has 6 heteroatoms. The Kier molecular flexibility index (Phi) is 3.06. The first-order valence-corrected chi connectivity index (χ1v) is 7.22. The highest BCUT2D eigenvalue weighted by atomic mass is 32.1. The quantitative estimate of drug-likeness (QED) is 0.934. The minimum atomic E-state index is -0.373. The summed E-state index contributed by atoms with van der Waals surface area (Å²) in [7, 11) is 1.71. The summed E-state index contributed by atoms with van der Waals surface area (Å²) in [5, 5.41) is 4.82. The van der Waals surface area contributed by atoms with Crippen LogP contribution in [0.1, 0.15) is 36.4 Å². The van der Waals surface area contributed by atoms with Crippen molar-refractivity contribution in [1.82, 2.24) is 10.1 Å². The number of thiophene rings is 1. The second kappa shape index (κ2) is 4.61. The number of anilines is 1.